The number of nitrogens with zero attached hydrogens (tertiary/aromatic N) is 2. The van der Waals surface area contributed by atoms with Crippen molar-refractivity contribution in [3.63, 3.8) is 0 Å². The topological polar surface area (TPSA) is 49.8 Å². The van der Waals surface area contributed by atoms with Gasteiger partial charge in [-0.05, 0) is 44.0 Å². The van der Waals surface area contributed by atoms with Crippen LogP contribution in [0.15, 0.2) is 27.4 Å². The number of aromatic nitrogens is 2. The van der Waals surface area contributed by atoms with Crippen LogP contribution in [0.3, 0.4) is 0 Å². The quantitative estimate of drug-likeness (QED) is 0.671. The van der Waals surface area contributed by atoms with E-state index in [-0.39, 0.29) is 0 Å². The zero-order chi connectivity index (χ0) is 14.0. The fraction of sp³-hybridized carbons (Fsp3) is 0.0909. The SMILES string of the molecule is CNc1ncnc(Nc2ccc(Br)c(Cl)c2Cl)c1Br. The molecule has 4 nitrogen and oxygen atoms in total. The van der Waals surface area contributed by atoms with Crippen LogP contribution in [0, 0.1) is 0 Å². The lowest BCUT2D eigenvalue weighted by Gasteiger charge is -2.12. The van der Waals surface area contributed by atoms with Crippen molar-refractivity contribution in [1.82, 2.24) is 9.97 Å². The summed E-state index contributed by atoms with van der Waals surface area (Å²) in [6, 6.07) is 3.62. The third-order valence-electron chi connectivity index (χ3n) is 2.31. The van der Waals surface area contributed by atoms with Crippen molar-refractivity contribution in [2.24, 2.45) is 0 Å². The molecule has 0 fully saturated rings. The van der Waals surface area contributed by atoms with Crippen LogP contribution >= 0.6 is 55.1 Å². The summed E-state index contributed by atoms with van der Waals surface area (Å²) in [6.07, 6.45) is 1.45. The van der Waals surface area contributed by atoms with Gasteiger partial charge in [0.05, 0.1) is 15.7 Å². The van der Waals surface area contributed by atoms with Gasteiger partial charge in [0.25, 0.3) is 0 Å². The van der Waals surface area contributed by atoms with Gasteiger partial charge < -0.3 is 10.6 Å². The van der Waals surface area contributed by atoms with E-state index in [0.29, 0.717) is 31.8 Å². The molecule has 8 heteroatoms. The fourth-order valence-electron chi connectivity index (χ4n) is 1.38. The van der Waals surface area contributed by atoms with Crippen LogP contribution in [0.4, 0.5) is 17.3 Å². The highest BCUT2D eigenvalue weighted by molar-refractivity contribution is 9.11. The third kappa shape index (κ3) is 3.13. The predicted octanol–water partition coefficient (Wildman–Crippen LogP) is 5.09. The number of benzene rings is 1. The minimum Gasteiger partial charge on any atom is -0.372 e. The van der Waals surface area contributed by atoms with Crippen LogP contribution in [0.5, 0.6) is 0 Å². The Balaban J connectivity index is 2.39. The molecule has 0 radical (unpaired) electrons. The van der Waals surface area contributed by atoms with Crippen LogP contribution in [-0.2, 0) is 0 Å². The van der Waals surface area contributed by atoms with Gasteiger partial charge in [-0.1, -0.05) is 23.2 Å². The number of hydrogen-bond donors (Lipinski definition) is 2. The van der Waals surface area contributed by atoms with Gasteiger partial charge in [0.15, 0.2) is 0 Å². The van der Waals surface area contributed by atoms with Crippen LogP contribution in [0.25, 0.3) is 0 Å². The maximum absolute atomic E-state index is 6.18. The van der Waals surface area contributed by atoms with Crippen molar-refractivity contribution in [3.8, 4) is 0 Å². The number of nitrogens with one attached hydrogen (secondary N) is 2. The van der Waals surface area contributed by atoms with Crippen molar-refractivity contribution >= 4 is 72.4 Å². The van der Waals surface area contributed by atoms with Gasteiger partial charge in [-0.2, -0.15) is 0 Å². The molecule has 2 aromatic rings. The molecule has 0 bridgehead atoms. The van der Waals surface area contributed by atoms with E-state index in [1.165, 1.54) is 6.33 Å². The first kappa shape index (κ1) is 14.8. The molecule has 1 aromatic carbocycles. The van der Waals surface area contributed by atoms with E-state index in [0.717, 1.165) is 4.47 Å². The molecule has 2 N–H and O–H groups in total. The first-order valence-corrected chi connectivity index (χ1v) is 7.47. The molecule has 0 spiro atoms. The van der Waals surface area contributed by atoms with E-state index in [9.17, 15) is 0 Å². The Morgan fingerprint density at radius 2 is 1.74 bits per heavy atom. The van der Waals surface area contributed by atoms with E-state index in [1.807, 2.05) is 12.1 Å². The highest BCUT2D eigenvalue weighted by Gasteiger charge is 2.12. The summed E-state index contributed by atoms with van der Waals surface area (Å²) < 4.78 is 1.45. The predicted molar refractivity (Wildman–Crippen MR) is 86.7 cm³/mol. The number of anilines is 3. The monoisotopic (exact) mass is 424 g/mol. The number of halogens is 4. The van der Waals surface area contributed by atoms with Crippen molar-refractivity contribution in [2.75, 3.05) is 17.7 Å². The summed E-state index contributed by atoms with van der Waals surface area (Å²) >= 11 is 19.0. The molecule has 0 unspecified atom stereocenters. The summed E-state index contributed by atoms with van der Waals surface area (Å²) in [4.78, 5) is 8.23. The normalized spacial score (nSPS) is 10.4. The van der Waals surface area contributed by atoms with E-state index < -0.39 is 0 Å². The smallest absolute Gasteiger partial charge is 0.150 e. The summed E-state index contributed by atoms with van der Waals surface area (Å²) in [5, 5.41) is 6.93. The van der Waals surface area contributed by atoms with Crippen molar-refractivity contribution < 1.29 is 0 Å². The molecule has 0 aliphatic rings. The molecular weight excluding hydrogens is 419 g/mol. The van der Waals surface area contributed by atoms with Crippen LogP contribution in [0.1, 0.15) is 0 Å². The molecule has 1 aromatic heterocycles. The summed E-state index contributed by atoms with van der Waals surface area (Å²) in [7, 11) is 1.78. The Labute approximate surface area is 137 Å². The Bertz CT molecular complexity index is 622. The second-order valence-corrected chi connectivity index (χ2v) is 5.89. The first-order chi connectivity index (χ1) is 9.04. The zero-order valence-electron chi connectivity index (χ0n) is 9.64. The molecule has 100 valence electrons. The molecule has 2 rings (SSSR count). The standard InChI is InChI=1S/C11H8Br2Cl2N4/c1-16-10-7(13)11(18-4-17-10)19-6-3-2-5(12)8(14)9(6)15/h2-4H,1H3,(H2,16,17,18,19). The summed E-state index contributed by atoms with van der Waals surface area (Å²) in [5.41, 5.74) is 0.663. The van der Waals surface area contributed by atoms with Crippen LogP contribution in [-0.4, -0.2) is 17.0 Å². The maximum atomic E-state index is 6.18. The minimum absolute atomic E-state index is 0.424. The average Bonchev–Trinajstić information content (AvgIpc) is 2.41. The molecule has 0 saturated carbocycles. The third-order valence-corrected chi connectivity index (χ3v) is 4.84. The molecule has 0 amide bonds. The van der Waals surface area contributed by atoms with Gasteiger partial charge >= 0.3 is 0 Å². The highest BCUT2D eigenvalue weighted by Crippen LogP contribution is 2.38. The van der Waals surface area contributed by atoms with Crippen molar-refractivity contribution in [1.29, 1.82) is 0 Å². The zero-order valence-corrected chi connectivity index (χ0v) is 14.3. The molecular formula is C11H8Br2Cl2N4. The van der Waals surface area contributed by atoms with Crippen molar-refractivity contribution in [3.05, 3.63) is 37.5 Å². The Morgan fingerprint density at radius 1 is 1.05 bits per heavy atom. The van der Waals surface area contributed by atoms with E-state index in [2.05, 4.69) is 52.5 Å². The van der Waals surface area contributed by atoms with E-state index in [4.69, 9.17) is 23.2 Å². The summed E-state index contributed by atoms with van der Waals surface area (Å²) in [5.74, 6) is 1.27. The van der Waals surface area contributed by atoms with E-state index in [1.54, 1.807) is 7.05 Å². The van der Waals surface area contributed by atoms with Gasteiger partial charge in [-0.3, -0.25) is 0 Å². The minimum atomic E-state index is 0.424. The van der Waals surface area contributed by atoms with Gasteiger partial charge in [0, 0.05) is 11.5 Å². The van der Waals surface area contributed by atoms with Gasteiger partial charge in [0.1, 0.15) is 22.4 Å². The lowest BCUT2D eigenvalue weighted by atomic mass is 10.3. The van der Waals surface area contributed by atoms with Crippen LogP contribution in [0.2, 0.25) is 10.0 Å². The largest absolute Gasteiger partial charge is 0.372 e. The second-order valence-electron chi connectivity index (χ2n) is 3.48. The fourth-order valence-corrected chi connectivity index (χ4v) is 2.70. The molecule has 0 aliphatic carbocycles. The lowest BCUT2D eigenvalue weighted by Crippen LogP contribution is -2.01. The molecule has 1 heterocycles. The Hall–Kier alpha value is -0.560. The molecule has 19 heavy (non-hydrogen) atoms. The Morgan fingerprint density at radius 3 is 2.42 bits per heavy atom. The second kappa shape index (κ2) is 6.26. The van der Waals surface area contributed by atoms with Gasteiger partial charge in [0.2, 0.25) is 0 Å². The molecule has 0 saturated heterocycles. The van der Waals surface area contributed by atoms with Gasteiger partial charge in [-0.25, -0.2) is 9.97 Å². The lowest BCUT2D eigenvalue weighted by molar-refractivity contribution is 1.14. The molecule has 0 atom stereocenters. The maximum Gasteiger partial charge on any atom is 0.150 e. The number of hydrogen-bond acceptors (Lipinski definition) is 4. The molecule has 0 aliphatic heterocycles. The highest BCUT2D eigenvalue weighted by atomic mass is 79.9. The Kier molecular flexibility index (Phi) is 4.89. The first-order valence-electron chi connectivity index (χ1n) is 5.13. The van der Waals surface area contributed by atoms with E-state index >= 15 is 0 Å². The van der Waals surface area contributed by atoms with Crippen LogP contribution < -0.4 is 10.6 Å². The van der Waals surface area contributed by atoms with Crippen molar-refractivity contribution in [2.45, 2.75) is 0 Å². The number of rotatable bonds is 3. The summed E-state index contributed by atoms with van der Waals surface area (Å²) in [6.45, 7) is 0. The van der Waals surface area contributed by atoms with Gasteiger partial charge in [-0.15, -0.1) is 0 Å². The average molecular weight is 427 g/mol.